The third-order valence-corrected chi connectivity index (χ3v) is 3.31. The maximum absolute atomic E-state index is 11.1. The number of carbonyl (C=O) groups is 1. The number of aromatic carboxylic acids is 1. The van der Waals surface area contributed by atoms with Crippen LogP contribution in [0.5, 0.6) is 0 Å². The zero-order valence-corrected chi connectivity index (χ0v) is 11.4. The zero-order chi connectivity index (χ0) is 15.3. The number of rotatable bonds is 7. The summed E-state index contributed by atoms with van der Waals surface area (Å²) in [4.78, 5) is 21.1. The molecule has 0 amide bonds. The standard InChI is InChI=1S/C13H18N2O5/c1-3-13(2,6-7-16)14-9-4-5-11(15(19)20)10(8-9)12(17)18/h4-5,8,14,16H,3,6-7H2,1-2H3,(H,17,18). The molecule has 0 aromatic heterocycles. The summed E-state index contributed by atoms with van der Waals surface area (Å²) >= 11 is 0. The molecule has 7 nitrogen and oxygen atoms in total. The van der Waals surface area contributed by atoms with E-state index in [9.17, 15) is 14.9 Å². The summed E-state index contributed by atoms with van der Waals surface area (Å²) in [5, 5.41) is 32.0. The topological polar surface area (TPSA) is 113 Å². The minimum Gasteiger partial charge on any atom is -0.477 e. The number of nitrogens with zero attached hydrogens (tertiary/aromatic N) is 1. The smallest absolute Gasteiger partial charge is 0.342 e. The molecule has 0 saturated carbocycles. The summed E-state index contributed by atoms with van der Waals surface area (Å²) in [5.41, 5.74) is -0.725. The van der Waals surface area contributed by atoms with Gasteiger partial charge in [-0.3, -0.25) is 10.1 Å². The van der Waals surface area contributed by atoms with Crippen molar-refractivity contribution < 1.29 is 19.9 Å². The fourth-order valence-corrected chi connectivity index (χ4v) is 1.87. The Morgan fingerprint density at radius 3 is 2.60 bits per heavy atom. The molecule has 0 bridgehead atoms. The molecule has 1 aromatic rings. The zero-order valence-electron chi connectivity index (χ0n) is 11.4. The molecule has 0 saturated heterocycles. The van der Waals surface area contributed by atoms with Gasteiger partial charge in [0.15, 0.2) is 0 Å². The van der Waals surface area contributed by atoms with Crippen molar-refractivity contribution >= 4 is 17.3 Å². The maximum Gasteiger partial charge on any atom is 0.342 e. The molecule has 0 heterocycles. The lowest BCUT2D eigenvalue weighted by molar-refractivity contribution is -0.385. The van der Waals surface area contributed by atoms with Gasteiger partial charge < -0.3 is 15.5 Å². The van der Waals surface area contributed by atoms with E-state index in [4.69, 9.17) is 10.2 Å². The average Bonchev–Trinajstić information content (AvgIpc) is 2.38. The van der Waals surface area contributed by atoms with E-state index in [0.717, 1.165) is 0 Å². The van der Waals surface area contributed by atoms with E-state index in [1.165, 1.54) is 18.2 Å². The number of hydrogen-bond donors (Lipinski definition) is 3. The molecule has 110 valence electrons. The first-order valence-corrected chi connectivity index (χ1v) is 6.23. The Hall–Kier alpha value is -2.15. The van der Waals surface area contributed by atoms with E-state index in [2.05, 4.69) is 5.32 Å². The van der Waals surface area contributed by atoms with Crippen molar-refractivity contribution in [2.75, 3.05) is 11.9 Å². The van der Waals surface area contributed by atoms with E-state index in [-0.39, 0.29) is 12.2 Å². The lowest BCUT2D eigenvalue weighted by atomic mass is 9.94. The van der Waals surface area contributed by atoms with Crippen molar-refractivity contribution in [3.05, 3.63) is 33.9 Å². The summed E-state index contributed by atoms with van der Waals surface area (Å²) in [6, 6.07) is 3.88. The van der Waals surface area contributed by atoms with Crippen molar-refractivity contribution in [3.63, 3.8) is 0 Å². The molecule has 0 aliphatic heterocycles. The van der Waals surface area contributed by atoms with Gasteiger partial charge >= 0.3 is 5.97 Å². The summed E-state index contributed by atoms with van der Waals surface area (Å²) in [7, 11) is 0. The van der Waals surface area contributed by atoms with Gasteiger partial charge in [0, 0.05) is 23.9 Å². The number of carboxylic acid groups (broad SMARTS) is 1. The van der Waals surface area contributed by atoms with E-state index in [0.29, 0.717) is 18.5 Å². The van der Waals surface area contributed by atoms with Crippen molar-refractivity contribution in [1.29, 1.82) is 0 Å². The first-order chi connectivity index (χ1) is 9.33. The number of nitro benzene ring substituents is 1. The van der Waals surface area contributed by atoms with Crippen molar-refractivity contribution in [1.82, 2.24) is 0 Å². The van der Waals surface area contributed by atoms with Crippen LogP contribution in [0.25, 0.3) is 0 Å². The van der Waals surface area contributed by atoms with Crippen LogP contribution in [0.3, 0.4) is 0 Å². The van der Waals surface area contributed by atoms with Crippen LogP contribution in [0.4, 0.5) is 11.4 Å². The molecule has 1 atom stereocenters. The minimum absolute atomic E-state index is 0.00386. The molecule has 1 aromatic carbocycles. The quantitative estimate of drug-likeness (QED) is 0.522. The molecule has 0 aliphatic rings. The second-order valence-corrected chi connectivity index (χ2v) is 4.81. The number of aliphatic hydroxyl groups excluding tert-OH is 1. The highest BCUT2D eigenvalue weighted by Gasteiger charge is 2.24. The van der Waals surface area contributed by atoms with E-state index >= 15 is 0 Å². The summed E-state index contributed by atoms with van der Waals surface area (Å²) in [6.45, 7) is 3.83. The summed E-state index contributed by atoms with van der Waals surface area (Å²) < 4.78 is 0. The van der Waals surface area contributed by atoms with E-state index in [1.54, 1.807) is 0 Å². The van der Waals surface area contributed by atoms with Gasteiger partial charge in [-0.1, -0.05) is 6.92 Å². The Bertz CT molecular complexity index is 517. The Morgan fingerprint density at radius 1 is 1.50 bits per heavy atom. The number of nitrogens with one attached hydrogen (secondary N) is 1. The molecule has 3 N–H and O–H groups in total. The second-order valence-electron chi connectivity index (χ2n) is 4.81. The SMILES string of the molecule is CCC(C)(CCO)Nc1ccc([N+](=O)[O-])c(C(=O)O)c1. The molecular formula is C13H18N2O5. The lowest BCUT2D eigenvalue weighted by Crippen LogP contribution is -2.35. The maximum atomic E-state index is 11.1. The number of benzene rings is 1. The fourth-order valence-electron chi connectivity index (χ4n) is 1.87. The van der Waals surface area contributed by atoms with E-state index < -0.39 is 22.1 Å². The van der Waals surface area contributed by atoms with Gasteiger partial charge in [-0.05, 0) is 31.9 Å². The van der Waals surface area contributed by atoms with Crippen LogP contribution in [0.1, 0.15) is 37.0 Å². The highest BCUT2D eigenvalue weighted by atomic mass is 16.6. The first kappa shape index (κ1) is 15.9. The lowest BCUT2D eigenvalue weighted by Gasteiger charge is -2.30. The fraction of sp³-hybridized carbons (Fsp3) is 0.462. The molecule has 0 fully saturated rings. The molecule has 0 aliphatic carbocycles. The highest BCUT2D eigenvalue weighted by Crippen LogP contribution is 2.27. The van der Waals surface area contributed by atoms with Crippen LogP contribution in [-0.4, -0.2) is 33.3 Å². The third kappa shape index (κ3) is 3.67. The Balaban J connectivity index is 3.12. The molecule has 0 spiro atoms. The number of hydrogen-bond acceptors (Lipinski definition) is 5. The Kier molecular flexibility index (Phi) is 5.04. The second kappa shape index (κ2) is 6.33. The number of anilines is 1. The average molecular weight is 282 g/mol. The number of aliphatic hydroxyl groups is 1. The largest absolute Gasteiger partial charge is 0.477 e. The van der Waals surface area contributed by atoms with Crippen LogP contribution < -0.4 is 5.32 Å². The molecule has 1 rings (SSSR count). The van der Waals surface area contributed by atoms with Crippen LogP contribution >= 0.6 is 0 Å². The van der Waals surface area contributed by atoms with Crippen LogP contribution in [0, 0.1) is 10.1 Å². The van der Waals surface area contributed by atoms with Gasteiger partial charge in [-0.2, -0.15) is 0 Å². The first-order valence-electron chi connectivity index (χ1n) is 6.23. The molecule has 20 heavy (non-hydrogen) atoms. The van der Waals surface area contributed by atoms with E-state index in [1.807, 2.05) is 13.8 Å². The van der Waals surface area contributed by atoms with Gasteiger partial charge in [0.2, 0.25) is 0 Å². The normalized spacial score (nSPS) is 13.6. The highest BCUT2D eigenvalue weighted by molar-refractivity contribution is 5.93. The van der Waals surface area contributed by atoms with Gasteiger partial charge in [0.05, 0.1) is 4.92 Å². The third-order valence-electron chi connectivity index (χ3n) is 3.31. The van der Waals surface area contributed by atoms with Gasteiger partial charge in [0.1, 0.15) is 5.56 Å². The van der Waals surface area contributed by atoms with Gasteiger partial charge in [-0.15, -0.1) is 0 Å². The Labute approximate surface area is 116 Å². The molecular weight excluding hydrogens is 264 g/mol. The van der Waals surface area contributed by atoms with Crippen LogP contribution in [-0.2, 0) is 0 Å². The van der Waals surface area contributed by atoms with Gasteiger partial charge in [-0.25, -0.2) is 4.79 Å². The summed E-state index contributed by atoms with van der Waals surface area (Å²) in [5.74, 6) is -1.35. The monoisotopic (exact) mass is 282 g/mol. The van der Waals surface area contributed by atoms with Crippen molar-refractivity contribution in [3.8, 4) is 0 Å². The Morgan fingerprint density at radius 2 is 2.15 bits per heavy atom. The number of nitro groups is 1. The minimum atomic E-state index is -1.35. The number of carboxylic acids is 1. The molecule has 1 unspecified atom stereocenters. The van der Waals surface area contributed by atoms with Crippen molar-refractivity contribution in [2.24, 2.45) is 0 Å². The predicted octanol–water partition coefficient (Wildman–Crippen LogP) is 2.26. The predicted molar refractivity (Wildman–Crippen MR) is 74.1 cm³/mol. The van der Waals surface area contributed by atoms with Crippen LogP contribution in [0.2, 0.25) is 0 Å². The molecule has 0 radical (unpaired) electrons. The summed E-state index contributed by atoms with van der Waals surface area (Å²) in [6.07, 6.45) is 1.20. The van der Waals surface area contributed by atoms with Crippen molar-refractivity contribution in [2.45, 2.75) is 32.2 Å². The molecule has 7 heteroatoms. The van der Waals surface area contributed by atoms with Crippen LogP contribution in [0.15, 0.2) is 18.2 Å². The van der Waals surface area contributed by atoms with Gasteiger partial charge in [0.25, 0.3) is 5.69 Å².